The first-order chi connectivity index (χ1) is 9.04. The van der Waals surface area contributed by atoms with Crippen LogP contribution in [0.15, 0.2) is 0 Å². The van der Waals surface area contributed by atoms with E-state index in [9.17, 15) is 9.59 Å². The highest BCUT2D eigenvalue weighted by atomic mass is 16.5. The summed E-state index contributed by atoms with van der Waals surface area (Å²) in [5, 5.41) is 3.24. The molecule has 1 amide bonds. The number of rotatable bonds is 6. The maximum Gasteiger partial charge on any atom is 0.325 e. The third-order valence-electron chi connectivity index (χ3n) is 3.17. The van der Waals surface area contributed by atoms with Gasteiger partial charge in [-0.1, -0.05) is 13.8 Å². The van der Waals surface area contributed by atoms with E-state index < -0.39 is 0 Å². The number of nitrogens with zero attached hydrogens (tertiary/aromatic N) is 1. The van der Waals surface area contributed by atoms with Gasteiger partial charge in [0, 0.05) is 13.1 Å². The van der Waals surface area contributed by atoms with E-state index in [0.29, 0.717) is 19.1 Å². The SMILES string of the molecule is CCOC(=O)CN(CC(C)C)C(=O)[C@@H]1CCCNC1. The molecule has 0 aromatic carbocycles. The lowest BCUT2D eigenvalue weighted by molar-refractivity contribution is -0.150. The van der Waals surface area contributed by atoms with Gasteiger partial charge in [-0.15, -0.1) is 0 Å². The Morgan fingerprint density at radius 2 is 2.16 bits per heavy atom. The first-order valence-corrected chi connectivity index (χ1v) is 7.19. The Labute approximate surface area is 115 Å². The minimum absolute atomic E-state index is 0.00178. The molecule has 1 fully saturated rings. The van der Waals surface area contributed by atoms with E-state index in [1.54, 1.807) is 11.8 Å². The van der Waals surface area contributed by atoms with Crippen LogP contribution >= 0.6 is 0 Å². The van der Waals surface area contributed by atoms with Crippen molar-refractivity contribution in [3.05, 3.63) is 0 Å². The van der Waals surface area contributed by atoms with E-state index in [2.05, 4.69) is 5.32 Å². The lowest BCUT2D eigenvalue weighted by Gasteiger charge is -2.30. The minimum atomic E-state index is -0.319. The van der Waals surface area contributed by atoms with Crippen LogP contribution < -0.4 is 5.32 Å². The van der Waals surface area contributed by atoms with Crippen molar-refractivity contribution in [3.8, 4) is 0 Å². The van der Waals surface area contributed by atoms with Gasteiger partial charge in [0.25, 0.3) is 0 Å². The summed E-state index contributed by atoms with van der Waals surface area (Å²) in [5.74, 6) is 0.103. The van der Waals surface area contributed by atoms with Gasteiger partial charge in [-0.05, 0) is 32.2 Å². The molecule has 1 aliphatic rings. The minimum Gasteiger partial charge on any atom is -0.465 e. The Kier molecular flexibility index (Phi) is 6.84. The predicted octanol–water partition coefficient (Wildman–Crippen LogP) is 1.03. The number of carbonyl (C=O) groups excluding carboxylic acids is 2. The van der Waals surface area contributed by atoms with Crippen molar-refractivity contribution in [2.24, 2.45) is 11.8 Å². The molecule has 0 unspecified atom stereocenters. The summed E-state index contributed by atoms with van der Waals surface area (Å²) in [5.41, 5.74) is 0. The molecule has 1 saturated heterocycles. The zero-order chi connectivity index (χ0) is 14.3. The fourth-order valence-corrected chi connectivity index (χ4v) is 2.36. The highest BCUT2D eigenvalue weighted by Gasteiger charge is 2.27. The number of hydrogen-bond acceptors (Lipinski definition) is 4. The van der Waals surface area contributed by atoms with Gasteiger partial charge in [0.1, 0.15) is 6.54 Å². The van der Waals surface area contributed by atoms with Gasteiger partial charge in [0.05, 0.1) is 12.5 Å². The highest BCUT2D eigenvalue weighted by molar-refractivity contribution is 5.84. The molecule has 0 aliphatic carbocycles. The second kappa shape index (κ2) is 8.15. The number of carbonyl (C=O) groups is 2. The van der Waals surface area contributed by atoms with E-state index in [-0.39, 0.29) is 24.3 Å². The summed E-state index contributed by atoms with van der Waals surface area (Å²) in [6.45, 7) is 8.60. The van der Waals surface area contributed by atoms with Crippen molar-refractivity contribution in [2.75, 3.05) is 32.8 Å². The lowest BCUT2D eigenvalue weighted by Crippen LogP contribution is -2.46. The average molecular weight is 270 g/mol. The van der Waals surface area contributed by atoms with Gasteiger partial charge in [-0.3, -0.25) is 9.59 Å². The van der Waals surface area contributed by atoms with Crippen LogP contribution in [0.2, 0.25) is 0 Å². The van der Waals surface area contributed by atoms with Crippen molar-refractivity contribution < 1.29 is 14.3 Å². The summed E-state index contributed by atoms with van der Waals surface area (Å²) >= 11 is 0. The van der Waals surface area contributed by atoms with Gasteiger partial charge in [0.2, 0.25) is 5.91 Å². The van der Waals surface area contributed by atoms with Gasteiger partial charge < -0.3 is 15.0 Å². The maximum atomic E-state index is 12.5. The quantitative estimate of drug-likeness (QED) is 0.733. The van der Waals surface area contributed by atoms with Crippen molar-refractivity contribution >= 4 is 11.9 Å². The van der Waals surface area contributed by atoms with Gasteiger partial charge in [-0.25, -0.2) is 0 Å². The van der Waals surface area contributed by atoms with Crippen molar-refractivity contribution in [1.82, 2.24) is 10.2 Å². The summed E-state index contributed by atoms with van der Waals surface area (Å²) in [6, 6.07) is 0. The third-order valence-corrected chi connectivity index (χ3v) is 3.17. The standard InChI is InChI=1S/C14H26N2O3/c1-4-19-13(17)10-16(9-11(2)3)14(18)12-6-5-7-15-8-12/h11-12,15H,4-10H2,1-3H3/t12-/m1/s1. The molecule has 5 nitrogen and oxygen atoms in total. The second-order valence-corrected chi connectivity index (χ2v) is 5.46. The number of ether oxygens (including phenoxy) is 1. The summed E-state index contributed by atoms with van der Waals surface area (Å²) in [7, 11) is 0. The lowest BCUT2D eigenvalue weighted by atomic mass is 9.97. The number of piperidine rings is 1. The van der Waals surface area contributed by atoms with E-state index in [4.69, 9.17) is 4.74 Å². The van der Waals surface area contributed by atoms with Crippen molar-refractivity contribution in [1.29, 1.82) is 0 Å². The van der Waals surface area contributed by atoms with Crippen LogP contribution in [0.4, 0.5) is 0 Å². The second-order valence-electron chi connectivity index (χ2n) is 5.46. The molecular weight excluding hydrogens is 244 g/mol. The molecule has 1 N–H and O–H groups in total. The number of amides is 1. The van der Waals surface area contributed by atoms with Crippen LogP contribution in [0, 0.1) is 11.8 Å². The number of hydrogen-bond donors (Lipinski definition) is 1. The largest absolute Gasteiger partial charge is 0.465 e. The molecule has 0 spiro atoms. The average Bonchev–Trinajstić information content (AvgIpc) is 2.38. The van der Waals surface area contributed by atoms with Gasteiger partial charge in [0.15, 0.2) is 0 Å². The molecule has 0 aromatic rings. The summed E-state index contributed by atoms with van der Waals surface area (Å²) < 4.78 is 4.94. The van der Waals surface area contributed by atoms with E-state index in [1.165, 1.54) is 0 Å². The van der Waals surface area contributed by atoms with E-state index >= 15 is 0 Å². The zero-order valence-corrected chi connectivity index (χ0v) is 12.3. The Morgan fingerprint density at radius 1 is 1.42 bits per heavy atom. The molecule has 5 heteroatoms. The topological polar surface area (TPSA) is 58.6 Å². The summed E-state index contributed by atoms with van der Waals surface area (Å²) in [4.78, 5) is 25.7. The molecule has 0 bridgehead atoms. The molecular formula is C14H26N2O3. The molecule has 0 saturated carbocycles. The van der Waals surface area contributed by atoms with Gasteiger partial charge >= 0.3 is 5.97 Å². The Morgan fingerprint density at radius 3 is 2.68 bits per heavy atom. The Hall–Kier alpha value is -1.10. The number of nitrogens with one attached hydrogen (secondary N) is 1. The molecule has 1 rings (SSSR count). The first kappa shape index (κ1) is 16.0. The van der Waals surface area contributed by atoms with Crippen LogP contribution in [0.25, 0.3) is 0 Å². The third kappa shape index (κ3) is 5.59. The monoisotopic (exact) mass is 270 g/mol. The molecule has 0 aromatic heterocycles. The van der Waals surface area contributed by atoms with Crippen LogP contribution in [0.5, 0.6) is 0 Å². The van der Waals surface area contributed by atoms with Crippen LogP contribution in [-0.2, 0) is 14.3 Å². The van der Waals surface area contributed by atoms with Crippen molar-refractivity contribution in [2.45, 2.75) is 33.6 Å². The van der Waals surface area contributed by atoms with Crippen LogP contribution in [0.3, 0.4) is 0 Å². The van der Waals surface area contributed by atoms with Crippen molar-refractivity contribution in [3.63, 3.8) is 0 Å². The van der Waals surface area contributed by atoms with Crippen LogP contribution in [0.1, 0.15) is 33.6 Å². The van der Waals surface area contributed by atoms with Crippen LogP contribution in [-0.4, -0.2) is 49.6 Å². The molecule has 19 heavy (non-hydrogen) atoms. The highest BCUT2D eigenvalue weighted by Crippen LogP contribution is 2.14. The summed E-state index contributed by atoms with van der Waals surface area (Å²) in [6.07, 6.45) is 1.93. The molecule has 1 heterocycles. The van der Waals surface area contributed by atoms with E-state index in [1.807, 2.05) is 13.8 Å². The van der Waals surface area contributed by atoms with E-state index in [0.717, 1.165) is 25.9 Å². The van der Waals surface area contributed by atoms with Gasteiger partial charge in [-0.2, -0.15) is 0 Å². The normalized spacial score (nSPS) is 19.3. The smallest absolute Gasteiger partial charge is 0.325 e. The zero-order valence-electron chi connectivity index (χ0n) is 12.3. The molecule has 1 aliphatic heterocycles. The molecule has 110 valence electrons. The fraction of sp³-hybridized carbons (Fsp3) is 0.857. The first-order valence-electron chi connectivity index (χ1n) is 7.19. The molecule has 1 atom stereocenters. The Balaban J connectivity index is 2.60. The number of esters is 1. The molecule has 0 radical (unpaired) electrons. The Bertz CT molecular complexity index is 299. The maximum absolute atomic E-state index is 12.5. The fourth-order valence-electron chi connectivity index (χ4n) is 2.36. The predicted molar refractivity (Wildman–Crippen MR) is 73.6 cm³/mol.